The molecule has 1 aliphatic rings. The molecule has 0 spiro atoms. The highest BCUT2D eigenvalue weighted by molar-refractivity contribution is 7.17. The standard InChI is InChI=1S/C24H26N4O3S2/c1-3-14(2)22(30)28-24-27-17-11-16(12-19(29)21(17)33-24)23(31)25-10-9-20-26-18(13-32-20)15-7-5-4-6-8-15/h4-8,13-14,16H,3,9-12H2,1-2H3,(H,25,31)(H,27,28,30)/t14-,16-/m0/s1. The van der Waals surface area contributed by atoms with Gasteiger partial charge in [0.2, 0.25) is 11.8 Å². The number of nitrogens with zero attached hydrogens (tertiary/aromatic N) is 2. The Morgan fingerprint density at radius 3 is 2.73 bits per heavy atom. The predicted octanol–water partition coefficient (Wildman–Crippen LogP) is 4.36. The minimum absolute atomic E-state index is 0.0923. The summed E-state index contributed by atoms with van der Waals surface area (Å²) in [5.41, 5.74) is 2.61. The molecule has 2 heterocycles. The minimum atomic E-state index is -0.443. The molecule has 2 amide bonds. The highest BCUT2D eigenvalue weighted by Gasteiger charge is 2.33. The molecule has 0 saturated carbocycles. The van der Waals surface area contributed by atoms with E-state index in [4.69, 9.17) is 0 Å². The molecule has 2 atom stereocenters. The number of ketones is 1. The molecule has 4 rings (SSSR count). The molecule has 0 saturated heterocycles. The molecule has 0 radical (unpaired) electrons. The number of hydrogen-bond donors (Lipinski definition) is 2. The molecule has 2 aromatic heterocycles. The Bertz CT molecular complexity index is 1160. The Morgan fingerprint density at radius 2 is 1.97 bits per heavy atom. The average Bonchev–Trinajstić information content (AvgIpc) is 3.46. The van der Waals surface area contributed by atoms with Gasteiger partial charge >= 0.3 is 0 Å². The van der Waals surface area contributed by atoms with Crippen LogP contribution in [-0.2, 0) is 22.4 Å². The van der Waals surface area contributed by atoms with Crippen LogP contribution in [-0.4, -0.2) is 34.1 Å². The number of rotatable bonds is 8. The van der Waals surface area contributed by atoms with Crippen LogP contribution in [0.4, 0.5) is 5.13 Å². The van der Waals surface area contributed by atoms with Gasteiger partial charge in [0, 0.05) is 42.7 Å². The fraction of sp³-hybridized carbons (Fsp3) is 0.375. The number of anilines is 1. The topological polar surface area (TPSA) is 101 Å². The maximum atomic E-state index is 12.7. The summed E-state index contributed by atoms with van der Waals surface area (Å²) < 4.78 is 0. The third-order valence-electron chi connectivity index (χ3n) is 5.74. The average molecular weight is 483 g/mol. The number of carbonyl (C=O) groups excluding carboxylic acids is 3. The van der Waals surface area contributed by atoms with Crippen molar-refractivity contribution in [3.05, 3.63) is 51.3 Å². The van der Waals surface area contributed by atoms with E-state index in [0.29, 0.717) is 35.1 Å². The molecule has 0 aliphatic heterocycles. The third-order valence-corrected chi connectivity index (χ3v) is 7.71. The lowest BCUT2D eigenvalue weighted by atomic mass is 9.89. The summed E-state index contributed by atoms with van der Waals surface area (Å²) in [7, 11) is 0. The number of amides is 2. The summed E-state index contributed by atoms with van der Waals surface area (Å²) >= 11 is 2.77. The van der Waals surface area contributed by atoms with Crippen LogP contribution in [0.2, 0.25) is 0 Å². The van der Waals surface area contributed by atoms with Gasteiger partial charge in [0.05, 0.1) is 27.2 Å². The van der Waals surface area contributed by atoms with Crippen molar-refractivity contribution >= 4 is 45.4 Å². The molecule has 3 aromatic rings. The van der Waals surface area contributed by atoms with E-state index in [0.717, 1.165) is 22.7 Å². The van der Waals surface area contributed by atoms with Gasteiger partial charge in [-0.25, -0.2) is 9.97 Å². The van der Waals surface area contributed by atoms with Crippen LogP contribution >= 0.6 is 22.7 Å². The number of nitrogens with one attached hydrogen (secondary N) is 2. The SMILES string of the molecule is CC[C@H](C)C(=O)Nc1nc2c(s1)C(=O)C[C@@H](C(=O)NCCc1nc(-c3ccccc3)cs1)C2. The summed E-state index contributed by atoms with van der Waals surface area (Å²) in [6, 6.07) is 9.98. The minimum Gasteiger partial charge on any atom is -0.355 e. The molecule has 1 aliphatic carbocycles. The molecule has 33 heavy (non-hydrogen) atoms. The highest BCUT2D eigenvalue weighted by atomic mass is 32.1. The number of fused-ring (bicyclic) bond motifs is 1. The van der Waals surface area contributed by atoms with Crippen molar-refractivity contribution in [2.75, 3.05) is 11.9 Å². The fourth-order valence-electron chi connectivity index (χ4n) is 3.59. The lowest BCUT2D eigenvalue weighted by molar-refractivity contribution is -0.125. The Balaban J connectivity index is 1.31. The zero-order valence-electron chi connectivity index (χ0n) is 18.6. The summed E-state index contributed by atoms with van der Waals surface area (Å²) in [6.45, 7) is 4.26. The van der Waals surface area contributed by atoms with Gasteiger partial charge in [0.25, 0.3) is 0 Å². The van der Waals surface area contributed by atoms with Crippen molar-refractivity contribution in [2.24, 2.45) is 11.8 Å². The molecule has 9 heteroatoms. The molecule has 0 bridgehead atoms. The van der Waals surface area contributed by atoms with Gasteiger partial charge in [-0.2, -0.15) is 0 Å². The molecule has 2 N–H and O–H groups in total. The summed E-state index contributed by atoms with van der Waals surface area (Å²) in [5.74, 6) is -0.913. The van der Waals surface area contributed by atoms with Crippen LogP contribution in [0.15, 0.2) is 35.7 Å². The first-order valence-corrected chi connectivity index (χ1v) is 12.8. The van der Waals surface area contributed by atoms with E-state index in [9.17, 15) is 14.4 Å². The Labute approximate surface area is 200 Å². The van der Waals surface area contributed by atoms with Crippen molar-refractivity contribution in [2.45, 2.75) is 39.5 Å². The second-order valence-electron chi connectivity index (χ2n) is 8.16. The van der Waals surface area contributed by atoms with Gasteiger partial charge in [-0.1, -0.05) is 55.5 Å². The van der Waals surface area contributed by atoms with E-state index < -0.39 is 5.92 Å². The normalized spacial score (nSPS) is 16.2. The molecule has 7 nitrogen and oxygen atoms in total. The van der Waals surface area contributed by atoms with Crippen molar-refractivity contribution in [1.82, 2.24) is 15.3 Å². The van der Waals surface area contributed by atoms with Crippen LogP contribution in [0, 0.1) is 11.8 Å². The summed E-state index contributed by atoms with van der Waals surface area (Å²) in [4.78, 5) is 47.1. The molecule has 0 fully saturated rings. The van der Waals surface area contributed by atoms with E-state index in [1.807, 2.05) is 49.6 Å². The smallest absolute Gasteiger partial charge is 0.228 e. The van der Waals surface area contributed by atoms with Crippen LogP contribution in [0.3, 0.4) is 0 Å². The van der Waals surface area contributed by atoms with E-state index in [1.54, 1.807) is 11.3 Å². The van der Waals surface area contributed by atoms with Crippen LogP contribution < -0.4 is 10.6 Å². The predicted molar refractivity (Wildman–Crippen MR) is 131 cm³/mol. The zero-order valence-corrected chi connectivity index (χ0v) is 20.2. The fourth-order valence-corrected chi connectivity index (χ4v) is 5.34. The summed E-state index contributed by atoms with van der Waals surface area (Å²) in [5, 5.41) is 9.14. The second kappa shape index (κ2) is 10.4. The summed E-state index contributed by atoms with van der Waals surface area (Å²) in [6.07, 6.45) is 1.93. The largest absolute Gasteiger partial charge is 0.355 e. The van der Waals surface area contributed by atoms with Crippen LogP contribution in [0.25, 0.3) is 11.3 Å². The van der Waals surface area contributed by atoms with Gasteiger partial charge in [0.15, 0.2) is 10.9 Å². The van der Waals surface area contributed by atoms with Gasteiger partial charge in [-0.05, 0) is 6.42 Å². The Hall–Kier alpha value is -2.91. The van der Waals surface area contributed by atoms with E-state index in [-0.39, 0.29) is 29.9 Å². The molecular formula is C24H26N4O3S2. The van der Waals surface area contributed by atoms with Crippen LogP contribution in [0.5, 0.6) is 0 Å². The zero-order chi connectivity index (χ0) is 23.4. The Kier molecular flexibility index (Phi) is 7.29. The van der Waals surface area contributed by atoms with E-state index in [2.05, 4.69) is 20.6 Å². The maximum absolute atomic E-state index is 12.7. The van der Waals surface area contributed by atoms with Crippen molar-refractivity contribution < 1.29 is 14.4 Å². The van der Waals surface area contributed by atoms with E-state index >= 15 is 0 Å². The monoisotopic (exact) mass is 482 g/mol. The van der Waals surface area contributed by atoms with Gasteiger partial charge < -0.3 is 10.6 Å². The van der Waals surface area contributed by atoms with Gasteiger partial charge in [-0.15, -0.1) is 11.3 Å². The number of benzene rings is 1. The quantitative estimate of drug-likeness (QED) is 0.497. The maximum Gasteiger partial charge on any atom is 0.228 e. The first-order chi connectivity index (χ1) is 15.9. The molecular weight excluding hydrogens is 456 g/mol. The van der Waals surface area contributed by atoms with Gasteiger partial charge in [0.1, 0.15) is 0 Å². The number of hydrogen-bond acceptors (Lipinski definition) is 7. The van der Waals surface area contributed by atoms with Crippen LogP contribution in [0.1, 0.15) is 47.1 Å². The van der Waals surface area contributed by atoms with Crippen molar-refractivity contribution in [3.63, 3.8) is 0 Å². The first-order valence-electron chi connectivity index (χ1n) is 11.1. The molecule has 172 valence electrons. The Morgan fingerprint density at radius 1 is 1.18 bits per heavy atom. The second-order valence-corrected chi connectivity index (χ2v) is 10.1. The number of carbonyl (C=O) groups is 3. The molecule has 1 aromatic carbocycles. The lowest BCUT2D eigenvalue weighted by Gasteiger charge is -2.19. The van der Waals surface area contributed by atoms with E-state index in [1.165, 1.54) is 11.3 Å². The van der Waals surface area contributed by atoms with Gasteiger partial charge in [-0.3, -0.25) is 14.4 Å². The third kappa shape index (κ3) is 5.54. The molecule has 0 unspecified atom stereocenters. The van der Waals surface area contributed by atoms with Crippen molar-refractivity contribution in [1.29, 1.82) is 0 Å². The highest BCUT2D eigenvalue weighted by Crippen LogP contribution is 2.32. The van der Waals surface area contributed by atoms with Crippen molar-refractivity contribution in [3.8, 4) is 11.3 Å². The number of aromatic nitrogens is 2. The number of thiazole rings is 2. The lowest BCUT2D eigenvalue weighted by Crippen LogP contribution is -2.36. The first kappa shape index (κ1) is 23.3. The number of Topliss-reactive ketones (excluding diaryl/α,β-unsaturated/α-hetero) is 1.